The minimum atomic E-state index is -3.70. The second kappa shape index (κ2) is 8.68. The SMILES string of the molecule is COC(=O)c1ccc(N(CC(=O)NC(C)c2ccccc2)S(C)(=O)=O)cc1. The van der Waals surface area contributed by atoms with Gasteiger partial charge in [0.25, 0.3) is 0 Å². The van der Waals surface area contributed by atoms with Gasteiger partial charge in [-0.15, -0.1) is 0 Å². The lowest BCUT2D eigenvalue weighted by atomic mass is 10.1. The number of anilines is 1. The molecule has 0 saturated heterocycles. The quantitative estimate of drug-likeness (QED) is 0.731. The maximum atomic E-state index is 12.4. The number of esters is 1. The third-order valence-electron chi connectivity index (χ3n) is 3.94. The summed E-state index contributed by atoms with van der Waals surface area (Å²) in [5.41, 5.74) is 1.49. The zero-order valence-electron chi connectivity index (χ0n) is 15.4. The van der Waals surface area contributed by atoms with Gasteiger partial charge in [-0.2, -0.15) is 0 Å². The number of carbonyl (C=O) groups excluding carboxylic acids is 2. The third kappa shape index (κ3) is 5.55. The number of methoxy groups -OCH3 is 1. The van der Waals surface area contributed by atoms with E-state index >= 15 is 0 Å². The van der Waals surface area contributed by atoms with Crippen molar-refractivity contribution in [3.8, 4) is 0 Å². The van der Waals surface area contributed by atoms with Gasteiger partial charge in [-0.05, 0) is 36.8 Å². The molecule has 144 valence electrons. The molecule has 2 aromatic rings. The molecule has 27 heavy (non-hydrogen) atoms. The van der Waals surface area contributed by atoms with Gasteiger partial charge in [0.2, 0.25) is 15.9 Å². The number of amides is 1. The minimum Gasteiger partial charge on any atom is -0.465 e. The Kier molecular flexibility index (Phi) is 6.57. The Morgan fingerprint density at radius 1 is 1.07 bits per heavy atom. The zero-order valence-corrected chi connectivity index (χ0v) is 16.2. The van der Waals surface area contributed by atoms with Gasteiger partial charge in [-0.3, -0.25) is 9.10 Å². The average Bonchev–Trinajstić information content (AvgIpc) is 2.65. The van der Waals surface area contributed by atoms with Crippen LogP contribution in [0.4, 0.5) is 5.69 Å². The zero-order chi connectivity index (χ0) is 20.0. The van der Waals surface area contributed by atoms with Crippen molar-refractivity contribution in [2.75, 3.05) is 24.2 Å². The van der Waals surface area contributed by atoms with Gasteiger partial charge < -0.3 is 10.1 Å². The highest BCUT2D eigenvalue weighted by Crippen LogP contribution is 2.19. The van der Waals surface area contributed by atoms with Crippen LogP contribution in [0.2, 0.25) is 0 Å². The Labute approximate surface area is 159 Å². The summed E-state index contributed by atoms with van der Waals surface area (Å²) in [4.78, 5) is 23.9. The Bertz CT molecular complexity index is 895. The molecule has 0 spiro atoms. The van der Waals surface area contributed by atoms with E-state index in [0.29, 0.717) is 0 Å². The highest BCUT2D eigenvalue weighted by atomic mass is 32.2. The van der Waals surface area contributed by atoms with Crippen molar-refractivity contribution in [3.63, 3.8) is 0 Å². The maximum absolute atomic E-state index is 12.4. The Morgan fingerprint density at radius 2 is 1.67 bits per heavy atom. The molecule has 0 aliphatic heterocycles. The van der Waals surface area contributed by atoms with Gasteiger partial charge >= 0.3 is 5.97 Å². The molecular formula is C19H22N2O5S. The molecule has 1 unspecified atom stereocenters. The molecule has 1 N–H and O–H groups in total. The van der Waals surface area contributed by atoms with Gasteiger partial charge in [0.15, 0.2) is 0 Å². The number of sulfonamides is 1. The van der Waals surface area contributed by atoms with Gasteiger partial charge in [-0.25, -0.2) is 13.2 Å². The van der Waals surface area contributed by atoms with Crippen molar-refractivity contribution in [2.45, 2.75) is 13.0 Å². The number of carbonyl (C=O) groups is 2. The summed E-state index contributed by atoms with van der Waals surface area (Å²) in [6.07, 6.45) is 1.02. The molecule has 0 radical (unpaired) electrons. The molecule has 0 bridgehead atoms. The first kappa shape index (κ1) is 20.4. The summed E-state index contributed by atoms with van der Waals surface area (Å²) < 4.78 is 29.9. The highest BCUT2D eigenvalue weighted by molar-refractivity contribution is 7.92. The topological polar surface area (TPSA) is 92.8 Å². The van der Waals surface area contributed by atoms with Crippen LogP contribution < -0.4 is 9.62 Å². The Morgan fingerprint density at radius 3 is 2.19 bits per heavy atom. The minimum absolute atomic E-state index is 0.262. The van der Waals surface area contributed by atoms with E-state index in [1.165, 1.54) is 31.4 Å². The van der Waals surface area contributed by atoms with E-state index in [1.807, 2.05) is 37.3 Å². The number of benzene rings is 2. The van der Waals surface area contributed by atoms with Crippen LogP contribution in [0.15, 0.2) is 54.6 Å². The number of nitrogens with one attached hydrogen (secondary N) is 1. The molecule has 0 heterocycles. The standard InChI is InChI=1S/C19H22N2O5S/c1-14(15-7-5-4-6-8-15)20-18(22)13-21(27(3,24)25)17-11-9-16(10-12-17)19(23)26-2/h4-12,14H,13H2,1-3H3,(H,20,22). The summed E-state index contributed by atoms with van der Waals surface area (Å²) in [6.45, 7) is 1.46. The normalized spacial score (nSPS) is 12.1. The van der Waals surface area contributed by atoms with E-state index in [-0.39, 0.29) is 23.8 Å². The lowest BCUT2D eigenvalue weighted by Gasteiger charge is -2.23. The molecule has 0 aromatic heterocycles. The second-order valence-corrected chi connectivity index (χ2v) is 7.91. The highest BCUT2D eigenvalue weighted by Gasteiger charge is 2.22. The summed E-state index contributed by atoms with van der Waals surface area (Å²) in [5.74, 6) is -0.962. The lowest BCUT2D eigenvalue weighted by Crippen LogP contribution is -2.41. The Balaban J connectivity index is 2.15. The van der Waals surface area contributed by atoms with Crippen LogP contribution in [0, 0.1) is 0 Å². The van der Waals surface area contributed by atoms with E-state index < -0.39 is 21.9 Å². The fourth-order valence-electron chi connectivity index (χ4n) is 2.52. The van der Waals surface area contributed by atoms with Crippen molar-refractivity contribution in [2.24, 2.45) is 0 Å². The number of nitrogens with zero attached hydrogens (tertiary/aromatic N) is 1. The van der Waals surface area contributed by atoms with Crippen molar-refractivity contribution in [1.82, 2.24) is 5.32 Å². The summed E-state index contributed by atoms with van der Waals surface area (Å²) >= 11 is 0. The molecule has 1 amide bonds. The Hall–Kier alpha value is -2.87. The monoisotopic (exact) mass is 390 g/mol. The van der Waals surface area contributed by atoms with E-state index in [2.05, 4.69) is 10.1 Å². The maximum Gasteiger partial charge on any atom is 0.337 e. The number of hydrogen-bond donors (Lipinski definition) is 1. The van der Waals surface area contributed by atoms with Crippen LogP contribution in [0.25, 0.3) is 0 Å². The molecule has 0 aliphatic carbocycles. The molecule has 8 heteroatoms. The molecule has 7 nitrogen and oxygen atoms in total. The molecule has 2 rings (SSSR count). The van der Waals surface area contributed by atoms with Crippen LogP contribution in [0.5, 0.6) is 0 Å². The average molecular weight is 390 g/mol. The molecule has 0 aliphatic rings. The first-order chi connectivity index (χ1) is 12.7. The van der Waals surface area contributed by atoms with Crippen LogP contribution >= 0.6 is 0 Å². The number of ether oxygens (including phenoxy) is 1. The van der Waals surface area contributed by atoms with Crippen molar-refractivity contribution in [3.05, 3.63) is 65.7 Å². The van der Waals surface area contributed by atoms with E-state index in [4.69, 9.17) is 0 Å². The molecule has 0 saturated carbocycles. The number of rotatable bonds is 7. The summed E-state index contributed by atoms with van der Waals surface area (Å²) in [5, 5.41) is 2.79. The van der Waals surface area contributed by atoms with E-state index in [0.717, 1.165) is 16.1 Å². The fraction of sp³-hybridized carbons (Fsp3) is 0.263. The first-order valence-electron chi connectivity index (χ1n) is 8.22. The van der Waals surface area contributed by atoms with Gasteiger partial charge in [-0.1, -0.05) is 30.3 Å². The predicted molar refractivity (Wildman–Crippen MR) is 103 cm³/mol. The van der Waals surface area contributed by atoms with Gasteiger partial charge in [0, 0.05) is 0 Å². The number of hydrogen-bond acceptors (Lipinski definition) is 5. The first-order valence-corrected chi connectivity index (χ1v) is 10.1. The second-order valence-electron chi connectivity index (χ2n) is 6.01. The van der Waals surface area contributed by atoms with Gasteiger partial charge in [0.05, 0.1) is 30.7 Å². The van der Waals surface area contributed by atoms with Crippen molar-refractivity contribution >= 4 is 27.6 Å². The molecule has 0 fully saturated rings. The molecule has 2 aromatic carbocycles. The van der Waals surface area contributed by atoms with Crippen LogP contribution in [0.1, 0.15) is 28.9 Å². The lowest BCUT2D eigenvalue weighted by molar-refractivity contribution is -0.120. The van der Waals surface area contributed by atoms with Crippen LogP contribution in [-0.4, -0.2) is 40.2 Å². The van der Waals surface area contributed by atoms with E-state index in [9.17, 15) is 18.0 Å². The van der Waals surface area contributed by atoms with E-state index in [1.54, 1.807) is 0 Å². The summed E-state index contributed by atoms with van der Waals surface area (Å²) in [7, 11) is -2.43. The smallest absolute Gasteiger partial charge is 0.337 e. The predicted octanol–water partition coefficient (Wildman–Crippen LogP) is 2.12. The van der Waals surface area contributed by atoms with Gasteiger partial charge in [0.1, 0.15) is 6.54 Å². The summed E-state index contributed by atoms with van der Waals surface area (Å²) in [6, 6.07) is 14.9. The van der Waals surface area contributed by atoms with Crippen molar-refractivity contribution < 1.29 is 22.7 Å². The third-order valence-corrected chi connectivity index (χ3v) is 5.08. The molecule has 1 atom stereocenters. The van der Waals surface area contributed by atoms with Crippen LogP contribution in [0.3, 0.4) is 0 Å². The van der Waals surface area contributed by atoms with Crippen molar-refractivity contribution in [1.29, 1.82) is 0 Å². The fourth-order valence-corrected chi connectivity index (χ4v) is 3.38. The van der Waals surface area contributed by atoms with Crippen LogP contribution in [-0.2, 0) is 19.6 Å². The largest absolute Gasteiger partial charge is 0.465 e. The molecular weight excluding hydrogens is 368 g/mol.